The van der Waals surface area contributed by atoms with Crippen LogP contribution in [0.25, 0.3) is 5.65 Å². The minimum Gasteiger partial charge on any atom is -0.399 e. The molecule has 24 nitrogen and oxygen atoms in total. The number of nitrogens with zero attached hydrogens (tertiary/aromatic N) is 10. The van der Waals surface area contributed by atoms with Crippen molar-refractivity contribution in [3.63, 3.8) is 0 Å². The van der Waals surface area contributed by atoms with Crippen LogP contribution in [-0.4, -0.2) is 108 Å². The predicted molar refractivity (Wildman–Crippen MR) is 358 cm³/mol. The molecular formula is C60H71ClN16O8S4. The summed E-state index contributed by atoms with van der Waals surface area (Å²) in [7, 11) is 7.99. The molecule has 4 heterocycles. The largest absolute Gasteiger partial charge is 0.399 e. The molecule has 6 aromatic carbocycles. The number of nitrogen functional groups attached to an aromatic ring is 1. The Hall–Kier alpha value is -8.64. The summed E-state index contributed by atoms with van der Waals surface area (Å²) in [6.07, 6.45) is 0.872. The van der Waals surface area contributed by atoms with E-state index in [9.17, 15) is 12.6 Å². The second-order valence-electron chi connectivity index (χ2n) is 20.7. The monoisotopic (exact) mass is 1310 g/mol. The Labute approximate surface area is 533 Å². The maximum atomic E-state index is 12.7. The van der Waals surface area contributed by atoms with Crippen LogP contribution in [0.2, 0.25) is 5.02 Å². The summed E-state index contributed by atoms with van der Waals surface area (Å²) in [6, 6.07) is 38.5. The highest BCUT2D eigenvalue weighted by atomic mass is 35.5. The van der Waals surface area contributed by atoms with E-state index < -0.39 is 45.4 Å². The molecular weight excluding hydrogens is 1240 g/mol. The average Bonchev–Trinajstić information content (AvgIpc) is 1.80. The summed E-state index contributed by atoms with van der Waals surface area (Å²) in [5.74, 6) is 3.13. The van der Waals surface area contributed by atoms with Gasteiger partial charge in [-0.3, -0.25) is 9.82 Å². The zero-order valence-corrected chi connectivity index (χ0v) is 55.2. The van der Waals surface area contributed by atoms with Crippen molar-refractivity contribution in [3.05, 3.63) is 183 Å². The van der Waals surface area contributed by atoms with Crippen molar-refractivity contribution in [2.75, 3.05) is 66.9 Å². The van der Waals surface area contributed by atoms with Crippen molar-refractivity contribution in [1.29, 1.82) is 0 Å². The highest BCUT2D eigenvalue weighted by molar-refractivity contribution is 7.82. The zero-order valence-electron chi connectivity index (χ0n) is 51.2. The summed E-state index contributed by atoms with van der Waals surface area (Å²) in [4.78, 5) is 19.3. The van der Waals surface area contributed by atoms with Gasteiger partial charge in [0, 0.05) is 94.7 Å². The molecule has 0 saturated heterocycles. The first kappa shape index (κ1) is 67.9. The fraction of sp³-hybridized carbons (Fsp3) is 0.267. The minimum atomic E-state index is -1.85. The number of halogens is 1. The van der Waals surface area contributed by atoms with E-state index in [2.05, 4.69) is 81.9 Å². The Bertz CT molecular complexity index is 4090. The number of anilines is 6. The Kier molecular flexibility index (Phi) is 24.4. The molecule has 29 heteroatoms. The number of rotatable bonds is 21. The maximum absolute atomic E-state index is 12.7. The zero-order chi connectivity index (χ0) is 64.5. The Morgan fingerprint density at radius 3 is 1.69 bits per heavy atom. The number of nitrogens with two attached hydrogens (primary N) is 1. The van der Waals surface area contributed by atoms with E-state index in [4.69, 9.17) is 43.3 Å². The topological polar surface area (TPSA) is 295 Å². The second kappa shape index (κ2) is 32.0. The van der Waals surface area contributed by atoms with E-state index in [-0.39, 0.29) is 0 Å². The lowest BCUT2D eigenvalue weighted by molar-refractivity contribution is 0.543. The van der Waals surface area contributed by atoms with Crippen LogP contribution in [0.3, 0.4) is 0 Å². The number of aryl methyl sites for hydroxylation is 7. The molecule has 7 N–H and O–H groups in total. The van der Waals surface area contributed by atoms with Crippen molar-refractivity contribution in [2.45, 2.75) is 68.2 Å². The normalized spacial score (nSPS) is 12.8. The van der Waals surface area contributed by atoms with Crippen molar-refractivity contribution in [3.8, 4) is 17.2 Å². The first-order chi connectivity index (χ1) is 42.5. The van der Waals surface area contributed by atoms with Crippen LogP contribution in [0.1, 0.15) is 63.5 Å². The lowest BCUT2D eigenvalue weighted by atomic mass is 10.1. The highest BCUT2D eigenvalue weighted by Gasteiger charge is 2.25. The van der Waals surface area contributed by atoms with Crippen molar-refractivity contribution >= 4 is 114 Å². The fourth-order valence-corrected chi connectivity index (χ4v) is 10.4. The van der Waals surface area contributed by atoms with E-state index in [0.717, 1.165) is 67.7 Å². The maximum Gasteiger partial charge on any atom is 0.335 e. The van der Waals surface area contributed by atoms with E-state index in [1.54, 1.807) is 18.2 Å². The molecule has 470 valence electrons. The van der Waals surface area contributed by atoms with E-state index in [1.807, 2.05) is 164 Å². The molecule has 0 spiro atoms. The Balaban J connectivity index is 0.000000217. The quantitative estimate of drug-likeness (QED) is 0.0365. The van der Waals surface area contributed by atoms with Crippen LogP contribution in [0, 0.1) is 48.5 Å². The van der Waals surface area contributed by atoms with Gasteiger partial charge in [-0.2, -0.15) is 30.8 Å². The molecule has 10 rings (SSSR count). The van der Waals surface area contributed by atoms with Crippen LogP contribution in [0.4, 0.5) is 39.8 Å². The third-order valence-electron chi connectivity index (χ3n) is 13.1. The van der Waals surface area contributed by atoms with E-state index >= 15 is 0 Å². The molecule has 89 heavy (non-hydrogen) atoms. The van der Waals surface area contributed by atoms with Crippen LogP contribution in [-0.2, 0) is 58.2 Å². The van der Waals surface area contributed by atoms with Gasteiger partial charge in [0.2, 0.25) is 5.82 Å². The highest BCUT2D eigenvalue weighted by Crippen LogP contribution is 2.29. The lowest BCUT2D eigenvalue weighted by Gasteiger charge is -2.13. The van der Waals surface area contributed by atoms with Crippen LogP contribution >= 0.6 is 11.6 Å². The summed E-state index contributed by atoms with van der Waals surface area (Å²) >= 11 is 0.0345. The SMILES string of the molecule is CC1=Nn2nc(CCNS(=O)Oc3cc(NS(=O)Oc4cc(C)ccc4C)ccc3C)nc2C1=Nc1ccc(N(C)C)cc1.CN(C)c1ccc(N)cc1.Cc1ccc(C)c(Nc2ccc(C)c(OS(=O)NCCc3nc4c(Cl)c(C)[nH]n4n3)c2)c1.O=S=O. The van der Waals surface area contributed by atoms with Gasteiger partial charge in [-0.25, -0.2) is 24.4 Å². The molecule has 0 radical (unpaired) electrons. The van der Waals surface area contributed by atoms with Gasteiger partial charge >= 0.3 is 22.8 Å². The average molecular weight is 1310 g/mol. The molecule has 3 aromatic heterocycles. The van der Waals surface area contributed by atoms with Gasteiger partial charge in [-0.05, 0) is 162 Å². The van der Waals surface area contributed by atoms with Gasteiger partial charge in [0.1, 0.15) is 28.0 Å². The third-order valence-corrected chi connectivity index (χ3v) is 15.9. The van der Waals surface area contributed by atoms with Gasteiger partial charge in [0.05, 0.1) is 22.8 Å². The number of nitrogens with one attached hydrogen (secondary N) is 5. The van der Waals surface area contributed by atoms with Gasteiger partial charge in [-0.1, -0.05) is 48.0 Å². The van der Waals surface area contributed by atoms with Crippen LogP contribution in [0.15, 0.2) is 131 Å². The molecule has 0 fully saturated rings. The number of H-pyrrole nitrogens is 1. The molecule has 1 aliphatic heterocycles. The number of aromatic nitrogens is 7. The lowest BCUT2D eigenvalue weighted by Crippen LogP contribution is -2.24. The molecule has 3 atom stereocenters. The molecule has 0 aliphatic carbocycles. The minimum absolute atomic E-state index is 0.294. The van der Waals surface area contributed by atoms with Crippen molar-refractivity contribution in [1.82, 2.24) is 44.1 Å². The molecule has 0 saturated carbocycles. The summed E-state index contributed by atoms with van der Waals surface area (Å²) < 4.78 is 81.2. The van der Waals surface area contributed by atoms with Gasteiger partial charge < -0.3 is 33.4 Å². The summed E-state index contributed by atoms with van der Waals surface area (Å²) in [5.41, 5.74) is 20.4. The summed E-state index contributed by atoms with van der Waals surface area (Å²) in [5, 5.41) is 20.2. The first-order valence-electron chi connectivity index (χ1n) is 27.6. The van der Waals surface area contributed by atoms with E-state index in [1.165, 1.54) is 20.7 Å². The molecule has 0 bridgehead atoms. The van der Waals surface area contributed by atoms with Crippen molar-refractivity contribution in [2.24, 2.45) is 10.1 Å². The standard InChI is InChI=1S/C30H34N8O4S2.C22H25ClN6O2S.C8H12N2.O2S/c1-19-7-8-20(2)26(17-19)42-44(40)36-24-10-9-21(3)27(18-24)41-43(39)31-16-15-28-33-30-29(22(4)34-38(30)35-28)32-23-11-13-25(14-12-23)37(5)6;1-13-5-6-14(2)18(11-13)25-17-8-7-15(3)19(12-17)31-32(30)24-10-9-20-26-22-21(23)16(4)27-29(22)28-20;1-10(2)8-5-3-7(9)4-6-8;1-3-2/h7-14,17-18,31,36H,15-16H2,1-6H3;5-8,11-12,24-25,27H,9-10H2,1-4H3;3-6H,9H2,1-2H3;. The number of aromatic amines is 1. The number of fused-ring (bicyclic) bond motifs is 2. The fourth-order valence-electron chi connectivity index (χ4n) is 8.19. The Morgan fingerprint density at radius 1 is 0.618 bits per heavy atom. The van der Waals surface area contributed by atoms with Gasteiger partial charge in [0.25, 0.3) is 22.5 Å². The van der Waals surface area contributed by atoms with Crippen molar-refractivity contribution < 1.29 is 33.6 Å². The van der Waals surface area contributed by atoms with E-state index in [0.29, 0.717) is 82.7 Å². The molecule has 0 amide bonds. The summed E-state index contributed by atoms with van der Waals surface area (Å²) in [6.45, 7) is 16.1. The smallest absolute Gasteiger partial charge is 0.335 e. The number of hydrogen-bond donors (Lipinski definition) is 6. The van der Waals surface area contributed by atoms with Crippen LogP contribution in [0.5, 0.6) is 17.2 Å². The second-order valence-corrected chi connectivity index (χ2v) is 23.9. The first-order valence-corrected chi connectivity index (χ1v) is 31.8. The number of benzene rings is 6. The van der Waals surface area contributed by atoms with Gasteiger partial charge in [-0.15, -0.1) is 15.0 Å². The molecule has 3 unspecified atom stereocenters. The number of aliphatic imine (C=N–C) groups is 1. The molecule has 9 aromatic rings. The van der Waals surface area contributed by atoms with Gasteiger partial charge in [0.15, 0.2) is 17.3 Å². The Morgan fingerprint density at radius 2 is 1.11 bits per heavy atom. The number of hydrogen-bond acceptors (Lipinski definition) is 18. The molecule has 1 aliphatic rings. The third kappa shape index (κ3) is 19.7. The van der Waals surface area contributed by atoms with Crippen LogP contribution < -0.4 is 47.6 Å². The predicted octanol–water partition coefficient (Wildman–Crippen LogP) is 9.63.